The lowest BCUT2D eigenvalue weighted by atomic mass is 9.97. The standard InChI is InChI=1S/C50H61N11O5Si/c1-32-25-35(7-13-39(32)33(2)53-46(63)47-55-48(56-66-47)50(3)16-17-50)44-43-40-14-12-38(26-41(40)54-45(43)52-30-51-44)58-21-19-57(20-22-58)27-34-28-59(29-34)36-8-10-37(11-9-36)60-18-15-42(62)61(49(60)64)31-65-23-24-67(4,5)6/h7-14,25-26,30,33-34H,15-24,27-29,31H2,1-6H3,(H,53,63)(H,51,52,54)/t33-/m1/s1. The van der Waals surface area contributed by atoms with Crippen LogP contribution in [-0.2, 0) is 14.9 Å². The maximum absolute atomic E-state index is 13.3. The molecule has 2 N–H and O–H groups in total. The normalized spacial score (nSPS) is 18.5. The van der Waals surface area contributed by atoms with E-state index in [0.29, 0.717) is 24.9 Å². The number of ether oxygens (including phenoxy) is 1. The Bertz CT molecular complexity index is 2820. The number of hydrogen-bond acceptors (Lipinski definition) is 12. The number of aryl methyl sites for hydroxylation is 1. The first-order valence-electron chi connectivity index (χ1n) is 23.7. The van der Waals surface area contributed by atoms with Crippen molar-refractivity contribution >= 4 is 64.9 Å². The van der Waals surface area contributed by atoms with Crippen molar-refractivity contribution in [2.75, 3.05) is 80.4 Å². The lowest BCUT2D eigenvalue weighted by Gasteiger charge is -2.45. The van der Waals surface area contributed by atoms with Gasteiger partial charge in [0.1, 0.15) is 18.7 Å². The van der Waals surface area contributed by atoms with Crippen LogP contribution in [0.4, 0.5) is 21.9 Å². The highest BCUT2D eigenvalue weighted by Gasteiger charge is 2.44. The first-order valence-corrected chi connectivity index (χ1v) is 27.4. The molecule has 0 radical (unpaired) electrons. The van der Waals surface area contributed by atoms with E-state index in [1.54, 1.807) is 11.2 Å². The number of carbonyl (C=O) groups excluding carboxylic acids is 3. The zero-order chi connectivity index (χ0) is 46.6. The molecule has 17 heteroatoms. The molecule has 0 bridgehead atoms. The quantitative estimate of drug-likeness (QED) is 0.0761. The molecule has 350 valence electrons. The van der Waals surface area contributed by atoms with Gasteiger partial charge < -0.3 is 29.4 Å². The average molecular weight is 924 g/mol. The minimum Gasteiger partial charge on any atom is -0.371 e. The van der Waals surface area contributed by atoms with E-state index in [9.17, 15) is 14.4 Å². The van der Waals surface area contributed by atoms with E-state index in [4.69, 9.17) is 14.2 Å². The Balaban J connectivity index is 0.714. The number of aromatic nitrogens is 5. The second kappa shape index (κ2) is 17.8. The van der Waals surface area contributed by atoms with E-state index in [1.807, 2.05) is 25.1 Å². The fraction of sp³-hybridized carbons (Fsp3) is 0.460. The van der Waals surface area contributed by atoms with Crippen molar-refractivity contribution in [1.82, 2.24) is 40.2 Å². The zero-order valence-electron chi connectivity index (χ0n) is 39.5. The van der Waals surface area contributed by atoms with Crippen LogP contribution >= 0.6 is 0 Å². The lowest BCUT2D eigenvalue weighted by molar-refractivity contribution is -0.133. The van der Waals surface area contributed by atoms with Crippen LogP contribution in [0.2, 0.25) is 25.7 Å². The van der Waals surface area contributed by atoms with E-state index in [0.717, 1.165) is 120 Å². The molecule has 10 rings (SSSR count). The van der Waals surface area contributed by atoms with E-state index >= 15 is 0 Å². The summed E-state index contributed by atoms with van der Waals surface area (Å²) < 4.78 is 11.1. The molecule has 4 fully saturated rings. The fourth-order valence-electron chi connectivity index (χ4n) is 9.63. The van der Waals surface area contributed by atoms with Crippen molar-refractivity contribution in [2.45, 2.75) is 77.2 Å². The Labute approximate surface area is 392 Å². The molecule has 3 aromatic carbocycles. The summed E-state index contributed by atoms with van der Waals surface area (Å²) in [4.78, 5) is 66.7. The molecule has 0 spiro atoms. The number of urea groups is 1. The van der Waals surface area contributed by atoms with Crippen molar-refractivity contribution in [2.24, 2.45) is 5.92 Å². The van der Waals surface area contributed by atoms with Gasteiger partial charge in [-0.2, -0.15) is 4.98 Å². The second-order valence-corrected chi connectivity index (χ2v) is 26.1. The number of piperazine rings is 1. The molecule has 4 amide bonds. The number of anilines is 3. The smallest absolute Gasteiger partial charge is 0.333 e. The molecule has 3 aromatic heterocycles. The Hall–Kier alpha value is -6.17. The van der Waals surface area contributed by atoms with Crippen LogP contribution in [0.25, 0.3) is 33.2 Å². The molecule has 1 aliphatic carbocycles. The third-order valence-electron chi connectivity index (χ3n) is 14.2. The average Bonchev–Trinajstić information content (AvgIpc) is 3.66. The number of imide groups is 1. The number of nitrogens with one attached hydrogen (secondary N) is 2. The van der Waals surface area contributed by atoms with Crippen LogP contribution in [0.1, 0.15) is 66.8 Å². The highest BCUT2D eigenvalue weighted by atomic mass is 28.3. The Kier molecular flexibility index (Phi) is 11.9. The van der Waals surface area contributed by atoms with Crippen LogP contribution in [0, 0.1) is 12.8 Å². The third-order valence-corrected chi connectivity index (χ3v) is 15.9. The monoisotopic (exact) mass is 923 g/mol. The molecule has 67 heavy (non-hydrogen) atoms. The van der Waals surface area contributed by atoms with Crippen LogP contribution in [0.5, 0.6) is 0 Å². The molecule has 16 nitrogen and oxygen atoms in total. The number of aromatic amines is 1. The largest absolute Gasteiger partial charge is 0.371 e. The Morgan fingerprint density at radius 1 is 0.940 bits per heavy atom. The number of H-pyrrole nitrogens is 1. The number of nitrogens with zero attached hydrogens (tertiary/aromatic N) is 9. The summed E-state index contributed by atoms with van der Waals surface area (Å²) in [7, 11) is -1.26. The van der Waals surface area contributed by atoms with Crippen molar-refractivity contribution in [1.29, 1.82) is 0 Å². The summed E-state index contributed by atoms with van der Waals surface area (Å²) in [5, 5.41) is 9.15. The number of hydrogen-bond donors (Lipinski definition) is 2. The van der Waals surface area contributed by atoms with Gasteiger partial charge in [0.05, 0.1) is 17.1 Å². The van der Waals surface area contributed by atoms with Crippen molar-refractivity contribution in [3.05, 3.63) is 89.8 Å². The van der Waals surface area contributed by atoms with Gasteiger partial charge in [0.2, 0.25) is 5.91 Å². The predicted molar refractivity (Wildman–Crippen MR) is 262 cm³/mol. The van der Waals surface area contributed by atoms with E-state index in [-0.39, 0.29) is 48.3 Å². The van der Waals surface area contributed by atoms with Gasteiger partial charge in [0.25, 0.3) is 0 Å². The molecular formula is C50H61N11O5Si. The molecule has 6 aromatic rings. The van der Waals surface area contributed by atoms with E-state index in [1.165, 1.54) is 10.6 Å². The Morgan fingerprint density at radius 2 is 1.69 bits per heavy atom. The molecule has 0 unspecified atom stereocenters. The van der Waals surface area contributed by atoms with Gasteiger partial charge >= 0.3 is 17.8 Å². The number of amides is 4. The summed E-state index contributed by atoms with van der Waals surface area (Å²) in [5.74, 6) is 0.637. The molecule has 3 saturated heterocycles. The summed E-state index contributed by atoms with van der Waals surface area (Å²) in [6.07, 6.45) is 3.91. The van der Waals surface area contributed by atoms with Crippen LogP contribution in [0.3, 0.4) is 0 Å². The highest BCUT2D eigenvalue weighted by Crippen LogP contribution is 2.46. The molecule has 3 aliphatic heterocycles. The van der Waals surface area contributed by atoms with Gasteiger partial charge in [0, 0.05) is 118 Å². The minimum atomic E-state index is -1.26. The van der Waals surface area contributed by atoms with Crippen LogP contribution < -0.4 is 20.0 Å². The molecule has 4 aliphatic rings. The molecule has 1 atom stereocenters. The highest BCUT2D eigenvalue weighted by molar-refractivity contribution is 6.76. The maximum Gasteiger partial charge on any atom is 0.333 e. The topological polar surface area (TPSA) is 169 Å². The summed E-state index contributed by atoms with van der Waals surface area (Å²) >= 11 is 0. The number of fused-ring (bicyclic) bond motifs is 3. The van der Waals surface area contributed by atoms with Gasteiger partial charge in [0.15, 0.2) is 5.82 Å². The first-order chi connectivity index (χ1) is 32.2. The number of carbonyl (C=O) groups is 3. The summed E-state index contributed by atoms with van der Waals surface area (Å²) in [6, 6.07) is 21.5. The van der Waals surface area contributed by atoms with Crippen molar-refractivity contribution < 1.29 is 23.6 Å². The SMILES string of the molecule is Cc1cc(-c2ncnc3[nH]c4cc(N5CCN(CC6CN(c7ccc(N8CCC(=O)N(COCC[Si](C)(C)C)C8=O)cc7)C6)CC5)ccc4c23)ccc1[C@@H](C)NC(=O)c1nc(C2(C)CC2)no1. The third kappa shape index (κ3) is 9.28. The Morgan fingerprint density at radius 3 is 2.42 bits per heavy atom. The summed E-state index contributed by atoms with van der Waals surface area (Å²) in [6.45, 7) is 20.9. The maximum atomic E-state index is 13.3. The van der Waals surface area contributed by atoms with Crippen molar-refractivity contribution in [3.8, 4) is 11.3 Å². The second-order valence-electron chi connectivity index (χ2n) is 20.5. The number of rotatable bonds is 15. The predicted octanol–water partition coefficient (Wildman–Crippen LogP) is 7.74. The minimum absolute atomic E-state index is 0.00649. The van der Waals surface area contributed by atoms with E-state index < -0.39 is 8.07 Å². The van der Waals surface area contributed by atoms with Gasteiger partial charge in [-0.05, 0) is 86.3 Å². The fourth-order valence-corrected chi connectivity index (χ4v) is 10.4. The first kappa shape index (κ1) is 44.7. The molecule has 6 heterocycles. The number of benzene rings is 3. The summed E-state index contributed by atoms with van der Waals surface area (Å²) in [5.41, 5.74) is 8.76. The van der Waals surface area contributed by atoms with Crippen molar-refractivity contribution in [3.63, 3.8) is 0 Å². The van der Waals surface area contributed by atoms with Crippen LogP contribution in [-0.4, -0.2) is 127 Å². The molecule has 1 saturated carbocycles. The van der Waals surface area contributed by atoms with Gasteiger partial charge in [-0.3, -0.25) is 19.4 Å². The molecular weight excluding hydrogens is 863 g/mol. The lowest BCUT2D eigenvalue weighted by Crippen LogP contribution is -2.55. The van der Waals surface area contributed by atoms with Gasteiger partial charge in [-0.25, -0.2) is 19.7 Å². The van der Waals surface area contributed by atoms with E-state index in [2.05, 4.69) is 116 Å². The van der Waals surface area contributed by atoms with Crippen LogP contribution in [0.15, 0.2) is 71.5 Å². The zero-order valence-corrected chi connectivity index (χ0v) is 40.5. The van der Waals surface area contributed by atoms with Gasteiger partial charge in [-0.15, -0.1) is 0 Å². The van der Waals surface area contributed by atoms with Gasteiger partial charge in [-0.1, -0.05) is 49.9 Å².